The van der Waals surface area contributed by atoms with Gasteiger partial charge in [-0.25, -0.2) is 4.39 Å². The first kappa shape index (κ1) is 15.3. The average Bonchev–Trinajstić information content (AvgIpc) is 2.96. The number of amides is 1. The number of carbonyl (C=O) groups is 1. The van der Waals surface area contributed by atoms with Gasteiger partial charge in [-0.2, -0.15) is 0 Å². The van der Waals surface area contributed by atoms with Crippen LogP contribution in [0.5, 0.6) is 11.5 Å². The third-order valence-corrected chi connectivity index (χ3v) is 4.11. The molecule has 1 saturated heterocycles. The first-order valence-corrected chi connectivity index (χ1v) is 7.43. The van der Waals surface area contributed by atoms with Crippen LogP contribution in [0.4, 0.5) is 10.1 Å². The van der Waals surface area contributed by atoms with Crippen LogP contribution in [0.2, 0.25) is 0 Å². The molecule has 1 fully saturated rings. The van der Waals surface area contributed by atoms with Crippen LogP contribution in [0.25, 0.3) is 0 Å². The van der Waals surface area contributed by atoms with E-state index in [2.05, 4.69) is 0 Å². The van der Waals surface area contributed by atoms with Crippen LogP contribution < -0.4 is 14.4 Å². The van der Waals surface area contributed by atoms with Gasteiger partial charge in [0.2, 0.25) is 5.91 Å². The Balaban J connectivity index is 1.98. The molecule has 1 amide bonds. The number of nitrogens with zero attached hydrogens (tertiary/aromatic N) is 1. The van der Waals surface area contributed by atoms with Gasteiger partial charge >= 0.3 is 0 Å². The van der Waals surface area contributed by atoms with Crippen molar-refractivity contribution in [2.45, 2.75) is 18.9 Å². The van der Waals surface area contributed by atoms with Crippen LogP contribution in [0.3, 0.4) is 0 Å². The molecule has 1 aliphatic heterocycles. The Morgan fingerprint density at radius 2 is 1.74 bits per heavy atom. The molecular weight excluding hydrogens is 297 g/mol. The van der Waals surface area contributed by atoms with Gasteiger partial charge in [0.05, 0.1) is 20.3 Å². The molecule has 1 atom stereocenters. The van der Waals surface area contributed by atoms with Crippen LogP contribution >= 0.6 is 0 Å². The molecule has 0 saturated carbocycles. The van der Waals surface area contributed by atoms with Gasteiger partial charge in [-0.3, -0.25) is 4.79 Å². The molecule has 1 unspecified atom stereocenters. The second-order valence-corrected chi connectivity index (χ2v) is 5.41. The van der Waals surface area contributed by atoms with E-state index in [4.69, 9.17) is 9.47 Å². The lowest BCUT2D eigenvalue weighted by Crippen LogP contribution is -2.27. The second-order valence-electron chi connectivity index (χ2n) is 5.41. The highest BCUT2D eigenvalue weighted by molar-refractivity contribution is 5.96. The number of rotatable bonds is 4. The molecule has 5 heteroatoms. The summed E-state index contributed by atoms with van der Waals surface area (Å²) < 4.78 is 23.7. The van der Waals surface area contributed by atoms with Gasteiger partial charge in [0.25, 0.3) is 0 Å². The highest BCUT2D eigenvalue weighted by Gasteiger charge is 2.33. The van der Waals surface area contributed by atoms with Gasteiger partial charge in [0.1, 0.15) is 5.82 Å². The van der Waals surface area contributed by atoms with Crippen LogP contribution in [-0.2, 0) is 4.79 Å². The Hall–Kier alpha value is -2.56. The summed E-state index contributed by atoms with van der Waals surface area (Å²) in [6.45, 7) is 0. The van der Waals surface area contributed by atoms with Crippen molar-refractivity contribution in [1.29, 1.82) is 0 Å². The van der Waals surface area contributed by atoms with Crippen molar-refractivity contribution in [1.82, 2.24) is 0 Å². The molecule has 1 aliphatic rings. The minimum absolute atomic E-state index is 0.0477. The van der Waals surface area contributed by atoms with E-state index in [9.17, 15) is 9.18 Å². The van der Waals surface area contributed by atoms with E-state index >= 15 is 0 Å². The van der Waals surface area contributed by atoms with Crippen molar-refractivity contribution in [3.05, 3.63) is 53.8 Å². The van der Waals surface area contributed by atoms with Gasteiger partial charge in [0, 0.05) is 18.2 Å². The van der Waals surface area contributed by atoms with E-state index in [0.29, 0.717) is 24.3 Å². The quantitative estimate of drug-likeness (QED) is 0.863. The Morgan fingerprint density at radius 1 is 1.04 bits per heavy atom. The summed E-state index contributed by atoms with van der Waals surface area (Å²) in [5, 5.41) is 0. The molecule has 2 aromatic carbocycles. The van der Waals surface area contributed by atoms with Gasteiger partial charge in [-0.1, -0.05) is 12.1 Å². The average molecular weight is 315 g/mol. The smallest absolute Gasteiger partial charge is 0.227 e. The van der Waals surface area contributed by atoms with Crippen molar-refractivity contribution in [2.75, 3.05) is 19.1 Å². The summed E-state index contributed by atoms with van der Waals surface area (Å²) in [5.74, 6) is 0.950. The maximum absolute atomic E-state index is 13.1. The molecule has 120 valence electrons. The van der Waals surface area contributed by atoms with E-state index < -0.39 is 0 Å². The van der Waals surface area contributed by atoms with Crippen molar-refractivity contribution in [2.24, 2.45) is 0 Å². The molecule has 0 spiro atoms. The Labute approximate surface area is 134 Å². The van der Waals surface area contributed by atoms with Gasteiger partial charge < -0.3 is 14.4 Å². The lowest BCUT2D eigenvalue weighted by Gasteiger charge is -2.26. The third kappa shape index (κ3) is 2.86. The first-order valence-electron chi connectivity index (χ1n) is 7.43. The summed E-state index contributed by atoms with van der Waals surface area (Å²) in [4.78, 5) is 14.1. The highest BCUT2D eigenvalue weighted by atomic mass is 19.1. The summed E-state index contributed by atoms with van der Waals surface area (Å²) in [6.07, 6.45) is 1.18. The molecule has 0 N–H and O–H groups in total. The minimum Gasteiger partial charge on any atom is -0.493 e. The zero-order valence-electron chi connectivity index (χ0n) is 13.1. The molecule has 1 heterocycles. The molecule has 0 radical (unpaired) electrons. The van der Waals surface area contributed by atoms with E-state index in [-0.39, 0.29) is 17.8 Å². The number of anilines is 1. The van der Waals surface area contributed by atoms with Crippen molar-refractivity contribution >= 4 is 11.6 Å². The Bertz CT molecular complexity index is 715. The summed E-state index contributed by atoms with van der Waals surface area (Å²) >= 11 is 0. The predicted molar refractivity (Wildman–Crippen MR) is 85.4 cm³/mol. The molecule has 0 bridgehead atoms. The maximum Gasteiger partial charge on any atom is 0.227 e. The maximum atomic E-state index is 13.1. The minimum atomic E-state index is -0.282. The predicted octanol–water partition coefficient (Wildman–Crippen LogP) is 3.71. The SMILES string of the molecule is COc1ccc(N2C(=O)CCC2c2ccc(F)cc2)cc1OC. The van der Waals surface area contributed by atoms with Crippen LogP contribution in [0, 0.1) is 5.82 Å². The molecule has 0 aliphatic carbocycles. The summed E-state index contributed by atoms with van der Waals surface area (Å²) in [6, 6.07) is 11.6. The molecular formula is C18H18FNO3. The fourth-order valence-electron chi connectivity index (χ4n) is 2.98. The molecule has 3 rings (SSSR count). The number of ether oxygens (including phenoxy) is 2. The number of hydrogen-bond donors (Lipinski definition) is 0. The fourth-order valence-corrected chi connectivity index (χ4v) is 2.98. The lowest BCUT2D eigenvalue weighted by atomic mass is 10.0. The summed E-state index contributed by atoms with van der Waals surface area (Å²) in [5.41, 5.74) is 1.67. The first-order chi connectivity index (χ1) is 11.1. The van der Waals surface area contributed by atoms with E-state index in [1.807, 2.05) is 6.07 Å². The normalized spacial score (nSPS) is 17.4. The van der Waals surface area contributed by atoms with Crippen molar-refractivity contribution in [3.8, 4) is 11.5 Å². The Kier molecular flexibility index (Phi) is 4.19. The van der Waals surface area contributed by atoms with Crippen LogP contribution in [0.15, 0.2) is 42.5 Å². The molecule has 0 aromatic heterocycles. The monoisotopic (exact) mass is 315 g/mol. The fraction of sp³-hybridized carbons (Fsp3) is 0.278. The van der Waals surface area contributed by atoms with Crippen molar-refractivity contribution in [3.63, 3.8) is 0 Å². The van der Waals surface area contributed by atoms with Crippen LogP contribution in [0.1, 0.15) is 24.4 Å². The topological polar surface area (TPSA) is 38.8 Å². The third-order valence-electron chi connectivity index (χ3n) is 4.11. The Morgan fingerprint density at radius 3 is 2.39 bits per heavy atom. The standard InChI is InChI=1S/C18H18FNO3/c1-22-16-9-7-14(11-17(16)23-2)20-15(8-10-18(20)21)12-3-5-13(19)6-4-12/h3-7,9,11,15H,8,10H2,1-2H3. The van der Waals surface area contributed by atoms with E-state index in [1.165, 1.54) is 12.1 Å². The zero-order valence-corrected chi connectivity index (χ0v) is 13.1. The van der Waals surface area contributed by atoms with Crippen molar-refractivity contribution < 1.29 is 18.7 Å². The number of carbonyl (C=O) groups excluding carboxylic acids is 1. The van der Waals surface area contributed by atoms with Crippen LogP contribution in [-0.4, -0.2) is 20.1 Å². The van der Waals surface area contributed by atoms with Gasteiger partial charge in [0.15, 0.2) is 11.5 Å². The number of hydrogen-bond acceptors (Lipinski definition) is 3. The van der Waals surface area contributed by atoms with Gasteiger partial charge in [-0.05, 0) is 36.2 Å². The highest BCUT2D eigenvalue weighted by Crippen LogP contribution is 2.40. The number of methoxy groups -OCH3 is 2. The van der Waals surface area contributed by atoms with E-state index in [0.717, 1.165) is 11.3 Å². The van der Waals surface area contributed by atoms with Gasteiger partial charge in [-0.15, -0.1) is 0 Å². The molecule has 23 heavy (non-hydrogen) atoms. The van der Waals surface area contributed by atoms with E-state index in [1.54, 1.807) is 43.4 Å². The second kappa shape index (κ2) is 6.28. The number of halogens is 1. The number of benzene rings is 2. The summed E-state index contributed by atoms with van der Waals surface area (Å²) in [7, 11) is 3.13. The molecule has 4 nitrogen and oxygen atoms in total. The zero-order chi connectivity index (χ0) is 16.4. The largest absolute Gasteiger partial charge is 0.493 e. The molecule has 2 aromatic rings. The lowest BCUT2D eigenvalue weighted by molar-refractivity contribution is -0.117.